The van der Waals surface area contributed by atoms with E-state index >= 15 is 0 Å². The Balaban J connectivity index is 2.53. The van der Waals surface area contributed by atoms with Gasteiger partial charge < -0.3 is 20.5 Å². The lowest BCUT2D eigenvalue weighted by Gasteiger charge is -2.14. The third kappa shape index (κ3) is 4.81. The summed E-state index contributed by atoms with van der Waals surface area (Å²) in [6.07, 6.45) is -1.03. The molecule has 2 amide bonds. The molecule has 0 aromatic heterocycles. The number of anilines is 1. The van der Waals surface area contributed by atoms with E-state index < -0.39 is 35.4 Å². The van der Waals surface area contributed by atoms with Crippen molar-refractivity contribution in [3.63, 3.8) is 0 Å². The first-order valence-electron chi connectivity index (χ1n) is 5.67. The first kappa shape index (κ1) is 15.8. The number of hydrogen-bond donors (Lipinski definition) is 3. The zero-order valence-electron chi connectivity index (χ0n) is 10.7. The van der Waals surface area contributed by atoms with Gasteiger partial charge in [-0.05, 0) is 12.1 Å². The van der Waals surface area contributed by atoms with E-state index in [-0.39, 0.29) is 13.0 Å². The Kier molecular flexibility index (Phi) is 5.85. The van der Waals surface area contributed by atoms with Gasteiger partial charge in [-0.25, -0.2) is 13.6 Å². The second kappa shape index (κ2) is 7.39. The summed E-state index contributed by atoms with van der Waals surface area (Å²) >= 11 is 0. The van der Waals surface area contributed by atoms with Crippen molar-refractivity contribution in [2.45, 2.75) is 12.5 Å². The highest BCUT2D eigenvalue weighted by atomic mass is 19.1. The number of benzene rings is 1. The molecule has 20 heavy (non-hydrogen) atoms. The summed E-state index contributed by atoms with van der Waals surface area (Å²) in [6.45, 7) is -0.106. The molecule has 0 aliphatic carbocycles. The maximum atomic E-state index is 13.3. The van der Waals surface area contributed by atoms with Gasteiger partial charge in [0, 0.05) is 13.7 Å². The van der Waals surface area contributed by atoms with Crippen molar-refractivity contribution >= 4 is 17.7 Å². The third-order valence-corrected chi connectivity index (χ3v) is 2.43. The number of carbonyl (C=O) groups excluding carboxylic acids is 1. The van der Waals surface area contributed by atoms with Crippen LogP contribution in [-0.2, 0) is 9.53 Å². The van der Waals surface area contributed by atoms with Gasteiger partial charge in [-0.15, -0.1) is 0 Å². The van der Waals surface area contributed by atoms with E-state index in [4.69, 9.17) is 9.84 Å². The molecular weight excluding hydrogens is 274 g/mol. The van der Waals surface area contributed by atoms with Crippen LogP contribution in [-0.4, -0.2) is 36.9 Å². The van der Waals surface area contributed by atoms with Crippen LogP contribution in [0.15, 0.2) is 18.2 Å². The molecule has 0 saturated carbocycles. The van der Waals surface area contributed by atoms with Crippen molar-refractivity contribution in [2.75, 3.05) is 19.0 Å². The number of halogens is 2. The van der Waals surface area contributed by atoms with Crippen LogP contribution < -0.4 is 10.6 Å². The second-order valence-corrected chi connectivity index (χ2v) is 3.89. The lowest BCUT2D eigenvalue weighted by Crippen LogP contribution is -2.37. The average molecular weight is 288 g/mol. The molecule has 0 saturated heterocycles. The molecule has 1 unspecified atom stereocenters. The Morgan fingerprint density at radius 2 is 1.95 bits per heavy atom. The highest BCUT2D eigenvalue weighted by Gasteiger charge is 2.15. The fraction of sp³-hybridized carbons (Fsp3) is 0.333. The zero-order chi connectivity index (χ0) is 15.1. The Morgan fingerprint density at radius 3 is 2.45 bits per heavy atom. The molecule has 0 heterocycles. The predicted molar refractivity (Wildman–Crippen MR) is 66.4 cm³/mol. The van der Waals surface area contributed by atoms with Gasteiger partial charge in [0.1, 0.15) is 17.3 Å². The molecule has 110 valence electrons. The number of carbonyl (C=O) groups is 2. The maximum absolute atomic E-state index is 13.3. The summed E-state index contributed by atoms with van der Waals surface area (Å²) in [5, 5.41) is 12.9. The highest BCUT2D eigenvalue weighted by molar-refractivity contribution is 5.89. The maximum Gasteiger partial charge on any atom is 0.319 e. The standard InChI is InChI=1S/C12H14F2N2O4/c1-20-7(5-10(17)18)6-15-12(19)16-11-8(13)3-2-4-9(11)14/h2-4,7H,5-6H2,1H3,(H,17,18)(H2,15,16,19). The number of hydrogen-bond acceptors (Lipinski definition) is 3. The third-order valence-electron chi connectivity index (χ3n) is 2.43. The number of carboxylic acid groups (broad SMARTS) is 1. The van der Waals surface area contributed by atoms with Crippen molar-refractivity contribution in [3.05, 3.63) is 29.8 Å². The highest BCUT2D eigenvalue weighted by Crippen LogP contribution is 2.17. The van der Waals surface area contributed by atoms with Gasteiger partial charge in [0.15, 0.2) is 0 Å². The first-order chi connectivity index (χ1) is 9.43. The molecule has 0 bridgehead atoms. The van der Waals surface area contributed by atoms with Crippen molar-refractivity contribution in [3.8, 4) is 0 Å². The van der Waals surface area contributed by atoms with Crippen molar-refractivity contribution in [1.82, 2.24) is 5.32 Å². The first-order valence-corrected chi connectivity index (χ1v) is 5.67. The van der Waals surface area contributed by atoms with Crippen LogP contribution in [0.25, 0.3) is 0 Å². The topological polar surface area (TPSA) is 87.7 Å². The lowest BCUT2D eigenvalue weighted by molar-refractivity contribution is -0.139. The minimum atomic E-state index is -1.08. The molecule has 0 fully saturated rings. The van der Waals surface area contributed by atoms with Crippen LogP contribution in [0.3, 0.4) is 0 Å². The van der Waals surface area contributed by atoms with Gasteiger partial charge in [0.25, 0.3) is 0 Å². The summed E-state index contributed by atoms with van der Waals surface area (Å²) in [4.78, 5) is 22.0. The molecule has 0 radical (unpaired) electrons. The van der Waals surface area contributed by atoms with Crippen LogP contribution in [0, 0.1) is 11.6 Å². The van der Waals surface area contributed by atoms with Crippen molar-refractivity contribution < 1.29 is 28.2 Å². The lowest BCUT2D eigenvalue weighted by atomic mass is 10.2. The van der Waals surface area contributed by atoms with Crippen LogP contribution >= 0.6 is 0 Å². The monoisotopic (exact) mass is 288 g/mol. The summed E-state index contributed by atoms with van der Waals surface area (Å²) in [6, 6.07) is 2.31. The van der Waals surface area contributed by atoms with Gasteiger partial charge in [0.05, 0.1) is 12.5 Å². The zero-order valence-corrected chi connectivity index (χ0v) is 10.7. The molecule has 6 nitrogen and oxygen atoms in total. The number of methoxy groups -OCH3 is 1. The number of carboxylic acids is 1. The number of para-hydroxylation sites is 1. The van der Waals surface area contributed by atoms with Crippen LogP contribution in [0.4, 0.5) is 19.3 Å². The summed E-state index contributed by atoms with van der Waals surface area (Å²) in [5.74, 6) is -2.90. The predicted octanol–water partition coefficient (Wildman–Crippen LogP) is 1.58. The molecule has 1 aromatic carbocycles. The van der Waals surface area contributed by atoms with Gasteiger partial charge >= 0.3 is 12.0 Å². The summed E-state index contributed by atoms with van der Waals surface area (Å²) < 4.78 is 31.4. The van der Waals surface area contributed by atoms with Crippen molar-refractivity contribution in [2.24, 2.45) is 0 Å². The van der Waals surface area contributed by atoms with E-state index in [2.05, 4.69) is 5.32 Å². The quantitative estimate of drug-likeness (QED) is 0.741. The minimum Gasteiger partial charge on any atom is -0.481 e. The number of amides is 2. The molecular formula is C12H14F2N2O4. The smallest absolute Gasteiger partial charge is 0.319 e. The van der Waals surface area contributed by atoms with E-state index in [0.717, 1.165) is 12.1 Å². The second-order valence-electron chi connectivity index (χ2n) is 3.89. The van der Waals surface area contributed by atoms with Crippen LogP contribution in [0.2, 0.25) is 0 Å². The Labute approximate surface area is 113 Å². The van der Waals surface area contributed by atoms with Gasteiger partial charge in [-0.1, -0.05) is 6.07 Å². The van der Waals surface area contributed by atoms with Gasteiger partial charge in [-0.2, -0.15) is 0 Å². The normalized spacial score (nSPS) is 11.8. The SMILES string of the molecule is COC(CNC(=O)Nc1c(F)cccc1F)CC(=O)O. The molecule has 3 N–H and O–H groups in total. The Morgan fingerprint density at radius 1 is 1.35 bits per heavy atom. The van der Waals surface area contributed by atoms with E-state index in [1.807, 2.05) is 5.32 Å². The molecule has 1 rings (SSSR count). The van der Waals surface area contributed by atoms with Gasteiger partial charge in [0.2, 0.25) is 0 Å². The van der Waals surface area contributed by atoms with E-state index in [0.29, 0.717) is 0 Å². The molecule has 1 atom stereocenters. The fourth-order valence-electron chi connectivity index (χ4n) is 1.42. The Hall–Kier alpha value is -2.22. The molecule has 0 spiro atoms. The molecule has 1 aromatic rings. The molecule has 0 aliphatic rings. The summed E-state index contributed by atoms with van der Waals surface area (Å²) in [7, 11) is 1.30. The number of rotatable bonds is 6. The van der Waals surface area contributed by atoms with E-state index in [9.17, 15) is 18.4 Å². The van der Waals surface area contributed by atoms with Gasteiger partial charge in [-0.3, -0.25) is 4.79 Å². The Bertz CT molecular complexity index is 476. The van der Waals surface area contributed by atoms with E-state index in [1.165, 1.54) is 13.2 Å². The number of aliphatic carboxylic acids is 1. The van der Waals surface area contributed by atoms with Crippen LogP contribution in [0.1, 0.15) is 6.42 Å². The number of nitrogens with one attached hydrogen (secondary N) is 2. The minimum absolute atomic E-state index is 0.106. The van der Waals surface area contributed by atoms with Crippen LogP contribution in [0.5, 0.6) is 0 Å². The average Bonchev–Trinajstić information content (AvgIpc) is 2.38. The molecule has 8 heteroatoms. The number of ether oxygens (including phenoxy) is 1. The largest absolute Gasteiger partial charge is 0.481 e. The molecule has 0 aliphatic heterocycles. The van der Waals surface area contributed by atoms with Crippen molar-refractivity contribution in [1.29, 1.82) is 0 Å². The summed E-state index contributed by atoms with van der Waals surface area (Å²) in [5.41, 5.74) is -0.572. The number of urea groups is 1. The van der Waals surface area contributed by atoms with E-state index in [1.54, 1.807) is 0 Å². The fourth-order valence-corrected chi connectivity index (χ4v) is 1.42.